The Bertz CT molecular complexity index is 471. The number of hydrogen-bond donors (Lipinski definition) is 3. The lowest BCUT2D eigenvalue weighted by Gasteiger charge is -2.24. The van der Waals surface area contributed by atoms with Crippen molar-refractivity contribution in [3.8, 4) is 0 Å². The number of carbonyl (C=O) groups excluding carboxylic acids is 1. The molecule has 0 aromatic heterocycles. The van der Waals surface area contributed by atoms with Gasteiger partial charge in [0.2, 0.25) is 0 Å². The lowest BCUT2D eigenvalue weighted by Crippen LogP contribution is -2.53. The van der Waals surface area contributed by atoms with Gasteiger partial charge in [-0.15, -0.1) is 0 Å². The van der Waals surface area contributed by atoms with Gasteiger partial charge in [0.15, 0.2) is 0 Å². The smallest absolute Gasteiger partial charge is 0.319 e. The third-order valence-electron chi connectivity index (χ3n) is 2.16. The van der Waals surface area contributed by atoms with E-state index < -0.39 is 11.6 Å². The fourth-order valence-electron chi connectivity index (χ4n) is 1.13. The Labute approximate surface area is 121 Å². The summed E-state index contributed by atoms with van der Waals surface area (Å²) in [5, 5.41) is 6.11. The summed E-state index contributed by atoms with van der Waals surface area (Å²) in [6.45, 7) is 3.42. The molecule has 98 valence electrons. The standard InChI is InChI=1S/C11H13Cl2N3OS/c1-11(2,9(14)18)16-10(17)15-8-4-6(12)3-7(13)5-8/h3-5H,1-2H3,(H2,14,18)(H2,15,16,17). The summed E-state index contributed by atoms with van der Waals surface area (Å²) >= 11 is 16.5. The maximum atomic E-state index is 11.7. The van der Waals surface area contributed by atoms with Crippen LogP contribution in [0.1, 0.15) is 13.8 Å². The maximum Gasteiger partial charge on any atom is 0.319 e. The quantitative estimate of drug-likeness (QED) is 0.751. The topological polar surface area (TPSA) is 67.2 Å². The third kappa shape index (κ3) is 4.33. The molecular weight excluding hydrogens is 293 g/mol. The first kappa shape index (κ1) is 15.0. The van der Waals surface area contributed by atoms with Crippen molar-refractivity contribution >= 4 is 52.1 Å². The fraction of sp³-hybridized carbons (Fsp3) is 0.273. The predicted molar refractivity (Wildman–Crippen MR) is 79.5 cm³/mol. The first-order valence-electron chi connectivity index (χ1n) is 5.06. The molecule has 0 aliphatic heterocycles. The molecule has 4 nitrogen and oxygen atoms in total. The average Bonchev–Trinajstić information content (AvgIpc) is 2.13. The molecular formula is C11H13Cl2N3OS. The molecule has 1 rings (SSSR count). The maximum absolute atomic E-state index is 11.7. The fourth-order valence-corrected chi connectivity index (χ4v) is 1.71. The number of anilines is 1. The molecule has 0 saturated carbocycles. The molecule has 7 heteroatoms. The van der Waals surface area contributed by atoms with Gasteiger partial charge in [-0.1, -0.05) is 35.4 Å². The monoisotopic (exact) mass is 305 g/mol. The van der Waals surface area contributed by atoms with Crippen molar-refractivity contribution in [3.05, 3.63) is 28.2 Å². The van der Waals surface area contributed by atoms with Crippen LogP contribution in [0.3, 0.4) is 0 Å². The zero-order valence-electron chi connectivity index (χ0n) is 9.88. The van der Waals surface area contributed by atoms with Crippen molar-refractivity contribution in [2.24, 2.45) is 5.73 Å². The number of nitrogens with one attached hydrogen (secondary N) is 2. The normalized spacial score (nSPS) is 10.9. The van der Waals surface area contributed by atoms with Crippen LogP contribution in [-0.4, -0.2) is 16.6 Å². The molecule has 1 aromatic carbocycles. The van der Waals surface area contributed by atoms with Crippen LogP contribution in [0, 0.1) is 0 Å². The van der Waals surface area contributed by atoms with Gasteiger partial charge in [0.25, 0.3) is 0 Å². The van der Waals surface area contributed by atoms with Crippen LogP contribution < -0.4 is 16.4 Å². The Morgan fingerprint density at radius 2 is 1.78 bits per heavy atom. The summed E-state index contributed by atoms with van der Waals surface area (Å²) in [4.78, 5) is 11.9. The Hall–Kier alpha value is -1.04. The molecule has 4 N–H and O–H groups in total. The first-order valence-corrected chi connectivity index (χ1v) is 6.22. The summed E-state index contributed by atoms with van der Waals surface area (Å²) in [5.74, 6) is 0. The molecule has 0 aliphatic rings. The van der Waals surface area contributed by atoms with Gasteiger partial charge in [-0.2, -0.15) is 0 Å². The molecule has 1 aromatic rings. The highest BCUT2D eigenvalue weighted by molar-refractivity contribution is 7.80. The lowest BCUT2D eigenvalue weighted by molar-refractivity contribution is 0.247. The Morgan fingerprint density at radius 1 is 1.28 bits per heavy atom. The van der Waals surface area contributed by atoms with E-state index in [1.54, 1.807) is 32.0 Å². The van der Waals surface area contributed by atoms with E-state index in [4.69, 9.17) is 41.2 Å². The molecule has 0 unspecified atom stereocenters. The highest BCUT2D eigenvalue weighted by atomic mass is 35.5. The van der Waals surface area contributed by atoms with Gasteiger partial charge in [-0.05, 0) is 32.0 Å². The van der Waals surface area contributed by atoms with Crippen molar-refractivity contribution in [2.45, 2.75) is 19.4 Å². The van der Waals surface area contributed by atoms with Crippen LogP contribution in [0.15, 0.2) is 18.2 Å². The van der Waals surface area contributed by atoms with Gasteiger partial charge >= 0.3 is 6.03 Å². The number of nitrogens with two attached hydrogens (primary N) is 1. The van der Waals surface area contributed by atoms with E-state index in [1.165, 1.54) is 0 Å². The summed E-state index contributed by atoms with van der Waals surface area (Å²) in [6.07, 6.45) is 0. The first-order chi connectivity index (χ1) is 8.20. The SMILES string of the molecule is CC(C)(NC(=O)Nc1cc(Cl)cc(Cl)c1)C(N)=S. The van der Waals surface area contributed by atoms with Crippen LogP contribution in [-0.2, 0) is 0 Å². The highest BCUT2D eigenvalue weighted by Gasteiger charge is 2.23. The molecule has 0 fully saturated rings. The van der Waals surface area contributed by atoms with E-state index in [1.807, 2.05) is 0 Å². The summed E-state index contributed by atoms with van der Waals surface area (Å²) in [6, 6.07) is 4.30. The van der Waals surface area contributed by atoms with E-state index in [0.717, 1.165) is 0 Å². The van der Waals surface area contributed by atoms with Crippen molar-refractivity contribution in [1.82, 2.24) is 5.32 Å². The molecule has 0 atom stereocenters. The number of rotatable bonds is 3. The average molecular weight is 306 g/mol. The largest absolute Gasteiger partial charge is 0.391 e. The Balaban J connectivity index is 2.73. The van der Waals surface area contributed by atoms with E-state index in [-0.39, 0.29) is 4.99 Å². The lowest BCUT2D eigenvalue weighted by atomic mass is 10.1. The highest BCUT2D eigenvalue weighted by Crippen LogP contribution is 2.22. The van der Waals surface area contributed by atoms with Crippen LogP contribution in [0.4, 0.5) is 10.5 Å². The van der Waals surface area contributed by atoms with Crippen molar-refractivity contribution in [2.75, 3.05) is 5.32 Å². The van der Waals surface area contributed by atoms with E-state index in [2.05, 4.69) is 10.6 Å². The molecule has 0 bridgehead atoms. The second-order valence-corrected chi connectivity index (χ2v) is 5.54. The van der Waals surface area contributed by atoms with Gasteiger partial charge in [0, 0.05) is 15.7 Å². The van der Waals surface area contributed by atoms with E-state index in [0.29, 0.717) is 15.7 Å². The minimum absolute atomic E-state index is 0.196. The number of halogens is 2. The summed E-state index contributed by atoms with van der Waals surface area (Å²) in [5.41, 5.74) is 5.22. The minimum Gasteiger partial charge on any atom is -0.391 e. The van der Waals surface area contributed by atoms with Crippen LogP contribution in [0.2, 0.25) is 10.0 Å². The predicted octanol–water partition coefficient (Wildman–Crippen LogP) is 3.18. The second kappa shape index (κ2) is 5.73. The van der Waals surface area contributed by atoms with Crippen LogP contribution in [0.5, 0.6) is 0 Å². The zero-order valence-corrected chi connectivity index (χ0v) is 12.2. The van der Waals surface area contributed by atoms with Gasteiger partial charge < -0.3 is 16.4 Å². The Kier molecular flexibility index (Phi) is 4.78. The summed E-state index contributed by atoms with van der Waals surface area (Å²) < 4.78 is 0. The van der Waals surface area contributed by atoms with Crippen LogP contribution >= 0.6 is 35.4 Å². The molecule has 0 saturated heterocycles. The van der Waals surface area contributed by atoms with E-state index >= 15 is 0 Å². The van der Waals surface area contributed by atoms with Gasteiger partial charge in [0.05, 0.1) is 10.5 Å². The van der Waals surface area contributed by atoms with Gasteiger partial charge in [-0.25, -0.2) is 4.79 Å². The number of hydrogen-bond acceptors (Lipinski definition) is 2. The molecule has 18 heavy (non-hydrogen) atoms. The molecule has 0 aliphatic carbocycles. The molecule has 0 heterocycles. The molecule has 0 spiro atoms. The number of benzene rings is 1. The van der Waals surface area contributed by atoms with E-state index in [9.17, 15) is 4.79 Å². The second-order valence-electron chi connectivity index (χ2n) is 4.23. The number of amides is 2. The minimum atomic E-state index is -0.776. The van der Waals surface area contributed by atoms with Crippen molar-refractivity contribution in [3.63, 3.8) is 0 Å². The molecule has 0 radical (unpaired) electrons. The van der Waals surface area contributed by atoms with Crippen LogP contribution in [0.25, 0.3) is 0 Å². The third-order valence-corrected chi connectivity index (χ3v) is 3.11. The number of thiocarbonyl (C=S) groups is 1. The summed E-state index contributed by atoms with van der Waals surface area (Å²) in [7, 11) is 0. The van der Waals surface area contributed by atoms with Crippen molar-refractivity contribution < 1.29 is 4.79 Å². The van der Waals surface area contributed by atoms with Gasteiger partial charge in [-0.3, -0.25) is 0 Å². The zero-order chi connectivity index (χ0) is 13.9. The van der Waals surface area contributed by atoms with Crippen molar-refractivity contribution in [1.29, 1.82) is 0 Å². The number of urea groups is 1. The Morgan fingerprint density at radius 3 is 2.22 bits per heavy atom. The number of carbonyl (C=O) groups is 1. The molecule has 2 amide bonds. The van der Waals surface area contributed by atoms with Gasteiger partial charge in [0.1, 0.15) is 0 Å².